The van der Waals surface area contributed by atoms with E-state index in [1.54, 1.807) is 11.1 Å². The number of amides is 2. The van der Waals surface area contributed by atoms with Gasteiger partial charge in [-0.25, -0.2) is 4.79 Å². The van der Waals surface area contributed by atoms with Crippen molar-refractivity contribution in [3.8, 4) is 0 Å². The number of aryl methyl sites for hydroxylation is 1. The predicted octanol–water partition coefficient (Wildman–Crippen LogP) is 0.959. The Hall–Kier alpha value is -1.56. The van der Waals surface area contributed by atoms with Crippen LogP contribution in [-0.2, 0) is 13.1 Å². The smallest absolute Gasteiger partial charge is 0.317 e. The number of aromatic nitrogens is 2. The Kier molecular flexibility index (Phi) is 4.79. The third-order valence-corrected chi connectivity index (χ3v) is 3.55. The molecule has 19 heavy (non-hydrogen) atoms. The van der Waals surface area contributed by atoms with E-state index in [2.05, 4.69) is 10.4 Å². The summed E-state index contributed by atoms with van der Waals surface area (Å²) in [4.78, 5) is 13.8. The maximum absolute atomic E-state index is 12.1. The second-order valence-corrected chi connectivity index (χ2v) is 4.89. The van der Waals surface area contributed by atoms with E-state index in [1.165, 1.54) is 0 Å². The highest BCUT2D eigenvalue weighted by Gasteiger charge is 2.25. The minimum atomic E-state index is -0.0944. The van der Waals surface area contributed by atoms with Crippen LogP contribution in [0.5, 0.6) is 0 Å². The second kappa shape index (κ2) is 6.56. The van der Waals surface area contributed by atoms with Gasteiger partial charge in [0.05, 0.1) is 18.8 Å². The monoisotopic (exact) mass is 266 g/mol. The van der Waals surface area contributed by atoms with Crippen LogP contribution in [0.1, 0.15) is 31.7 Å². The van der Waals surface area contributed by atoms with Crippen molar-refractivity contribution in [3.05, 3.63) is 18.0 Å². The Morgan fingerprint density at radius 1 is 1.58 bits per heavy atom. The first-order chi connectivity index (χ1) is 9.24. The molecule has 2 amide bonds. The van der Waals surface area contributed by atoms with E-state index in [-0.39, 0.29) is 18.7 Å². The largest absolute Gasteiger partial charge is 0.394 e. The first-order valence-corrected chi connectivity index (χ1v) is 6.91. The highest BCUT2D eigenvalue weighted by molar-refractivity contribution is 5.74. The van der Waals surface area contributed by atoms with Crippen LogP contribution in [0.25, 0.3) is 0 Å². The fourth-order valence-electron chi connectivity index (χ4n) is 2.41. The van der Waals surface area contributed by atoms with Crippen molar-refractivity contribution in [2.45, 2.75) is 45.3 Å². The third kappa shape index (κ3) is 3.47. The second-order valence-electron chi connectivity index (χ2n) is 4.89. The molecule has 1 aliphatic rings. The van der Waals surface area contributed by atoms with E-state index in [1.807, 2.05) is 17.8 Å². The summed E-state index contributed by atoms with van der Waals surface area (Å²) in [6, 6.07) is -0.130. The zero-order valence-corrected chi connectivity index (χ0v) is 11.4. The molecule has 0 bridgehead atoms. The number of likely N-dealkylation sites (tertiary alicyclic amines) is 1. The summed E-state index contributed by atoms with van der Waals surface area (Å²) in [5.74, 6) is 0. The molecule has 1 saturated heterocycles. The predicted molar refractivity (Wildman–Crippen MR) is 71.6 cm³/mol. The van der Waals surface area contributed by atoms with Gasteiger partial charge in [0.2, 0.25) is 0 Å². The molecule has 1 aliphatic heterocycles. The lowest BCUT2D eigenvalue weighted by Gasteiger charge is -2.34. The third-order valence-electron chi connectivity index (χ3n) is 3.55. The lowest BCUT2D eigenvalue weighted by molar-refractivity contribution is 0.108. The molecule has 2 N–H and O–H groups in total. The fourth-order valence-corrected chi connectivity index (χ4v) is 2.41. The molecule has 1 aromatic heterocycles. The van der Waals surface area contributed by atoms with Gasteiger partial charge in [0, 0.05) is 31.4 Å². The average molecular weight is 266 g/mol. The normalized spacial score (nSPS) is 19.5. The van der Waals surface area contributed by atoms with Gasteiger partial charge in [-0.1, -0.05) is 0 Å². The van der Waals surface area contributed by atoms with Crippen LogP contribution in [0.4, 0.5) is 4.79 Å². The number of aliphatic hydroxyl groups excluding tert-OH is 1. The molecule has 6 heteroatoms. The van der Waals surface area contributed by atoms with Gasteiger partial charge in [-0.15, -0.1) is 0 Å². The number of hydrogen-bond donors (Lipinski definition) is 2. The van der Waals surface area contributed by atoms with Crippen LogP contribution >= 0.6 is 0 Å². The summed E-state index contributed by atoms with van der Waals surface area (Å²) >= 11 is 0. The highest BCUT2D eigenvalue weighted by atomic mass is 16.3. The van der Waals surface area contributed by atoms with E-state index in [4.69, 9.17) is 0 Å². The van der Waals surface area contributed by atoms with Crippen LogP contribution in [0, 0.1) is 0 Å². The standard InChI is InChI=1S/C13H22N4O2/c1-2-16-9-11(8-15-16)7-14-13(19)17-6-4-3-5-12(17)10-18/h8-9,12,18H,2-7,10H2,1H3,(H,14,19)/t12-/m1/s1. The van der Waals surface area contributed by atoms with Crippen molar-refractivity contribution in [1.29, 1.82) is 0 Å². The molecule has 0 saturated carbocycles. The van der Waals surface area contributed by atoms with Gasteiger partial charge in [-0.2, -0.15) is 5.10 Å². The van der Waals surface area contributed by atoms with Crippen molar-refractivity contribution >= 4 is 6.03 Å². The van der Waals surface area contributed by atoms with E-state index in [0.717, 1.165) is 37.9 Å². The molecular formula is C13H22N4O2. The van der Waals surface area contributed by atoms with Crippen molar-refractivity contribution in [1.82, 2.24) is 20.0 Å². The van der Waals surface area contributed by atoms with Gasteiger partial charge in [0.25, 0.3) is 0 Å². The fraction of sp³-hybridized carbons (Fsp3) is 0.692. The van der Waals surface area contributed by atoms with Crippen LogP contribution in [0.15, 0.2) is 12.4 Å². The molecule has 0 radical (unpaired) electrons. The summed E-state index contributed by atoms with van der Waals surface area (Å²) in [5.41, 5.74) is 0.993. The zero-order chi connectivity index (χ0) is 13.7. The van der Waals surface area contributed by atoms with Crippen molar-refractivity contribution in [2.24, 2.45) is 0 Å². The minimum Gasteiger partial charge on any atom is -0.394 e. The number of piperidine rings is 1. The molecule has 0 spiro atoms. The molecule has 2 heterocycles. The number of nitrogens with zero attached hydrogens (tertiary/aromatic N) is 3. The average Bonchev–Trinajstić information content (AvgIpc) is 2.92. The van der Waals surface area contributed by atoms with Crippen LogP contribution in [0.3, 0.4) is 0 Å². The Morgan fingerprint density at radius 2 is 2.42 bits per heavy atom. The number of nitrogens with one attached hydrogen (secondary N) is 1. The Balaban J connectivity index is 1.86. The summed E-state index contributed by atoms with van der Waals surface area (Å²) < 4.78 is 1.83. The number of carbonyl (C=O) groups is 1. The Morgan fingerprint density at radius 3 is 3.11 bits per heavy atom. The van der Waals surface area contributed by atoms with Gasteiger partial charge < -0.3 is 15.3 Å². The summed E-state index contributed by atoms with van der Waals surface area (Å²) in [5, 5.41) is 16.4. The number of carbonyl (C=O) groups excluding carboxylic acids is 1. The number of aliphatic hydroxyl groups is 1. The number of rotatable bonds is 4. The topological polar surface area (TPSA) is 70.4 Å². The van der Waals surface area contributed by atoms with Gasteiger partial charge >= 0.3 is 6.03 Å². The molecule has 0 aliphatic carbocycles. The Labute approximate surface area is 113 Å². The quantitative estimate of drug-likeness (QED) is 0.852. The number of urea groups is 1. The molecular weight excluding hydrogens is 244 g/mol. The van der Waals surface area contributed by atoms with Gasteiger partial charge in [0.1, 0.15) is 0 Å². The van der Waals surface area contributed by atoms with Gasteiger partial charge in [-0.05, 0) is 26.2 Å². The first-order valence-electron chi connectivity index (χ1n) is 6.91. The summed E-state index contributed by atoms with van der Waals surface area (Å²) in [7, 11) is 0. The van der Waals surface area contributed by atoms with E-state index in [0.29, 0.717) is 6.54 Å². The molecule has 1 fully saturated rings. The molecule has 6 nitrogen and oxygen atoms in total. The van der Waals surface area contributed by atoms with Crippen LogP contribution in [0.2, 0.25) is 0 Å². The zero-order valence-electron chi connectivity index (χ0n) is 11.4. The Bertz CT molecular complexity index is 419. The van der Waals surface area contributed by atoms with Crippen molar-refractivity contribution in [2.75, 3.05) is 13.2 Å². The molecule has 2 rings (SSSR count). The highest BCUT2D eigenvalue weighted by Crippen LogP contribution is 2.16. The van der Waals surface area contributed by atoms with Crippen molar-refractivity contribution in [3.63, 3.8) is 0 Å². The molecule has 1 aromatic rings. The lowest BCUT2D eigenvalue weighted by Crippen LogP contribution is -2.49. The van der Waals surface area contributed by atoms with E-state index in [9.17, 15) is 9.90 Å². The lowest BCUT2D eigenvalue weighted by atomic mass is 10.0. The molecule has 106 valence electrons. The van der Waals surface area contributed by atoms with E-state index >= 15 is 0 Å². The molecule has 1 atom stereocenters. The van der Waals surface area contributed by atoms with Crippen LogP contribution in [-0.4, -0.2) is 45.0 Å². The molecule has 0 unspecified atom stereocenters. The maximum atomic E-state index is 12.1. The summed E-state index contributed by atoms with van der Waals surface area (Å²) in [6.45, 7) is 4.10. The van der Waals surface area contributed by atoms with Gasteiger partial charge in [0.15, 0.2) is 0 Å². The number of hydrogen-bond acceptors (Lipinski definition) is 3. The minimum absolute atomic E-state index is 0.0351. The maximum Gasteiger partial charge on any atom is 0.317 e. The first kappa shape index (κ1) is 13.9. The van der Waals surface area contributed by atoms with E-state index < -0.39 is 0 Å². The summed E-state index contributed by atoms with van der Waals surface area (Å²) in [6.07, 6.45) is 6.68. The van der Waals surface area contributed by atoms with Crippen molar-refractivity contribution < 1.29 is 9.90 Å². The SMILES string of the molecule is CCn1cc(CNC(=O)N2CCCC[C@@H]2CO)cn1. The van der Waals surface area contributed by atoms with Gasteiger partial charge in [-0.3, -0.25) is 4.68 Å². The molecule has 0 aromatic carbocycles. The van der Waals surface area contributed by atoms with Crippen LogP contribution < -0.4 is 5.32 Å².